The molecule has 0 bridgehead atoms. The van der Waals surface area contributed by atoms with E-state index in [0.29, 0.717) is 31.7 Å². The van der Waals surface area contributed by atoms with E-state index in [2.05, 4.69) is 31.2 Å². The zero-order valence-corrected chi connectivity index (χ0v) is 16.2. The summed E-state index contributed by atoms with van der Waals surface area (Å²) in [6.07, 6.45) is 3.18. The van der Waals surface area contributed by atoms with Crippen molar-refractivity contribution in [3.05, 3.63) is 65.0 Å². The quantitative estimate of drug-likeness (QED) is 0.800. The molecule has 2 aromatic rings. The Morgan fingerprint density at radius 2 is 1.93 bits per heavy atom. The number of hydrogen-bond acceptors (Lipinski definition) is 2. The lowest BCUT2D eigenvalue weighted by molar-refractivity contribution is -0.117. The second-order valence-corrected chi connectivity index (χ2v) is 7.64. The van der Waals surface area contributed by atoms with Crippen molar-refractivity contribution in [2.24, 2.45) is 0 Å². The molecule has 0 spiro atoms. The molecule has 2 amide bonds. The van der Waals surface area contributed by atoms with E-state index in [4.69, 9.17) is 0 Å². The predicted molar refractivity (Wildman–Crippen MR) is 107 cm³/mol. The van der Waals surface area contributed by atoms with E-state index >= 15 is 0 Å². The van der Waals surface area contributed by atoms with Crippen molar-refractivity contribution in [2.75, 3.05) is 24.5 Å². The van der Waals surface area contributed by atoms with Gasteiger partial charge < -0.3 is 9.80 Å². The largest absolute Gasteiger partial charge is 0.338 e. The maximum absolute atomic E-state index is 14.4. The molecule has 2 saturated heterocycles. The first kappa shape index (κ1) is 18.7. The molecule has 2 fully saturated rings. The zero-order valence-electron chi connectivity index (χ0n) is 16.2. The van der Waals surface area contributed by atoms with Gasteiger partial charge in [0.15, 0.2) is 0 Å². The van der Waals surface area contributed by atoms with Crippen molar-refractivity contribution in [3.8, 4) is 0 Å². The fourth-order valence-electron chi connectivity index (χ4n) is 4.18. The summed E-state index contributed by atoms with van der Waals surface area (Å²) < 4.78 is 14.4. The molecule has 1 atom stereocenters. The molecule has 0 saturated carbocycles. The van der Waals surface area contributed by atoms with E-state index in [1.807, 2.05) is 0 Å². The van der Waals surface area contributed by atoms with Gasteiger partial charge in [-0.15, -0.1) is 0 Å². The number of likely N-dealkylation sites (tertiary alicyclic amines) is 1. The molecule has 28 heavy (non-hydrogen) atoms. The minimum absolute atomic E-state index is 0.0294. The molecule has 2 aromatic carbocycles. The Morgan fingerprint density at radius 3 is 2.61 bits per heavy atom. The number of rotatable bonds is 4. The molecule has 2 aliphatic heterocycles. The summed E-state index contributed by atoms with van der Waals surface area (Å²) in [6, 6.07) is 13.0. The fraction of sp³-hybridized carbons (Fsp3) is 0.391. The van der Waals surface area contributed by atoms with Gasteiger partial charge in [-0.1, -0.05) is 31.2 Å². The molecule has 4 rings (SSSR count). The van der Waals surface area contributed by atoms with Gasteiger partial charge in [0.25, 0.3) is 5.91 Å². The number of amides is 2. The Balaban J connectivity index is 1.50. The molecular formula is C23H25FN2O2. The third kappa shape index (κ3) is 3.53. The Bertz CT molecular complexity index is 894. The Morgan fingerprint density at radius 1 is 1.14 bits per heavy atom. The summed E-state index contributed by atoms with van der Waals surface area (Å²) >= 11 is 0. The van der Waals surface area contributed by atoms with Crippen LogP contribution < -0.4 is 4.90 Å². The van der Waals surface area contributed by atoms with Crippen molar-refractivity contribution in [3.63, 3.8) is 0 Å². The van der Waals surface area contributed by atoms with Crippen LogP contribution >= 0.6 is 0 Å². The van der Waals surface area contributed by atoms with Crippen LogP contribution in [0.3, 0.4) is 0 Å². The predicted octanol–water partition coefficient (Wildman–Crippen LogP) is 4.14. The van der Waals surface area contributed by atoms with Crippen LogP contribution in [0.4, 0.5) is 10.1 Å². The summed E-state index contributed by atoms with van der Waals surface area (Å²) in [5.41, 5.74) is 3.19. The first-order valence-electron chi connectivity index (χ1n) is 10.0. The second-order valence-electron chi connectivity index (χ2n) is 7.64. The van der Waals surface area contributed by atoms with E-state index in [1.54, 1.807) is 15.9 Å². The van der Waals surface area contributed by atoms with Crippen LogP contribution in [0, 0.1) is 5.82 Å². The standard InChI is InChI=1S/C23H25FN2O2/c1-2-16-5-7-17(8-6-16)18-11-13-25(15-18)23(28)20-14-19(9-10-21(20)24)26-12-3-4-22(26)27/h5-10,14,18H,2-4,11-13,15H2,1H3. The summed E-state index contributed by atoms with van der Waals surface area (Å²) in [4.78, 5) is 28.3. The zero-order chi connectivity index (χ0) is 19.7. The van der Waals surface area contributed by atoms with Crippen molar-refractivity contribution in [1.29, 1.82) is 0 Å². The van der Waals surface area contributed by atoms with Crippen molar-refractivity contribution >= 4 is 17.5 Å². The Kier molecular flexibility index (Phi) is 5.16. The van der Waals surface area contributed by atoms with Crippen molar-refractivity contribution in [2.45, 2.75) is 38.5 Å². The van der Waals surface area contributed by atoms with E-state index in [1.165, 1.54) is 23.3 Å². The summed E-state index contributed by atoms with van der Waals surface area (Å²) in [6.45, 7) is 3.96. The Labute approximate surface area is 164 Å². The van der Waals surface area contributed by atoms with Gasteiger partial charge in [0, 0.05) is 37.7 Å². The third-order valence-electron chi connectivity index (χ3n) is 5.90. The number of aryl methyl sites for hydroxylation is 1. The molecule has 0 N–H and O–H groups in total. The Hall–Kier alpha value is -2.69. The molecule has 5 heteroatoms. The monoisotopic (exact) mass is 380 g/mol. The number of halogens is 1. The topological polar surface area (TPSA) is 40.6 Å². The van der Waals surface area contributed by atoms with Gasteiger partial charge in [0.05, 0.1) is 5.56 Å². The second kappa shape index (κ2) is 7.74. The number of carbonyl (C=O) groups is 2. The molecule has 146 valence electrons. The highest BCUT2D eigenvalue weighted by Crippen LogP contribution is 2.30. The lowest BCUT2D eigenvalue weighted by Crippen LogP contribution is -2.30. The molecule has 0 aliphatic carbocycles. The maximum Gasteiger partial charge on any atom is 0.256 e. The van der Waals surface area contributed by atoms with E-state index in [0.717, 1.165) is 19.3 Å². The van der Waals surface area contributed by atoms with Crippen LogP contribution in [0.15, 0.2) is 42.5 Å². The van der Waals surface area contributed by atoms with Gasteiger partial charge in [-0.2, -0.15) is 0 Å². The van der Waals surface area contributed by atoms with E-state index in [-0.39, 0.29) is 23.3 Å². The number of hydrogen-bond donors (Lipinski definition) is 0. The normalized spacial score (nSPS) is 19.5. The summed E-state index contributed by atoms with van der Waals surface area (Å²) in [7, 11) is 0. The minimum Gasteiger partial charge on any atom is -0.338 e. The van der Waals surface area contributed by atoms with Gasteiger partial charge >= 0.3 is 0 Å². The molecule has 4 nitrogen and oxygen atoms in total. The van der Waals surface area contributed by atoms with Gasteiger partial charge in [-0.25, -0.2) is 4.39 Å². The average Bonchev–Trinajstić information content (AvgIpc) is 3.37. The summed E-state index contributed by atoms with van der Waals surface area (Å²) in [5, 5.41) is 0. The first-order valence-corrected chi connectivity index (χ1v) is 10.0. The fourth-order valence-corrected chi connectivity index (χ4v) is 4.18. The molecule has 2 aliphatic rings. The minimum atomic E-state index is -0.531. The summed E-state index contributed by atoms with van der Waals surface area (Å²) in [5.74, 6) is -0.516. The number of benzene rings is 2. The van der Waals surface area contributed by atoms with E-state index < -0.39 is 5.82 Å². The smallest absolute Gasteiger partial charge is 0.256 e. The average molecular weight is 380 g/mol. The highest BCUT2D eigenvalue weighted by atomic mass is 19.1. The first-order chi connectivity index (χ1) is 13.6. The van der Waals surface area contributed by atoms with Gasteiger partial charge in [0.2, 0.25) is 5.91 Å². The number of carbonyl (C=O) groups excluding carboxylic acids is 2. The molecule has 2 heterocycles. The molecule has 0 aromatic heterocycles. The SMILES string of the molecule is CCc1ccc(C2CCN(C(=O)c3cc(N4CCCC4=O)ccc3F)C2)cc1. The lowest BCUT2D eigenvalue weighted by Gasteiger charge is -2.20. The van der Waals surface area contributed by atoms with Crippen molar-refractivity contribution < 1.29 is 14.0 Å². The van der Waals surface area contributed by atoms with Crippen LogP contribution in [0.25, 0.3) is 0 Å². The van der Waals surface area contributed by atoms with Gasteiger partial charge in [-0.05, 0) is 48.6 Å². The van der Waals surface area contributed by atoms with Crippen molar-refractivity contribution in [1.82, 2.24) is 4.90 Å². The molecule has 1 unspecified atom stereocenters. The number of nitrogens with zero attached hydrogens (tertiary/aromatic N) is 2. The van der Waals surface area contributed by atoms with Crippen LogP contribution in [0.5, 0.6) is 0 Å². The third-order valence-corrected chi connectivity index (χ3v) is 5.90. The van der Waals surface area contributed by atoms with Gasteiger partial charge in [-0.3, -0.25) is 9.59 Å². The molecule has 0 radical (unpaired) electrons. The van der Waals surface area contributed by atoms with E-state index in [9.17, 15) is 14.0 Å². The maximum atomic E-state index is 14.4. The molecular weight excluding hydrogens is 355 g/mol. The highest BCUT2D eigenvalue weighted by Gasteiger charge is 2.30. The highest BCUT2D eigenvalue weighted by molar-refractivity contribution is 5.99. The van der Waals surface area contributed by atoms with Crippen LogP contribution in [0.2, 0.25) is 0 Å². The van der Waals surface area contributed by atoms with Gasteiger partial charge in [0.1, 0.15) is 5.82 Å². The van der Waals surface area contributed by atoms with Crippen LogP contribution in [-0.2, 0) is 11.2 Å². The van der Waals surface area contributed by atoms with Crippen LogP contribution in [0.1, 0.15) is 53.6 Å². The van der Waals surface area contributed by atoms with Crippen LogP contribution in [-0.4, -0.2) is 36.3 Å². The number of anilines is 1. The lowest BCUT2D eigenvalue weighted by atomic mass is 9.97.